The van der Waals surface area contributed by atoms with Crippen LogP contribution in [0.25, 0.3) is 0 Å². The summed E-state index contributed by atoms with van der Waals surface area (Å²) in [5, 5.41) is 3.38. The van der Waals surface area contributed by atoms with E-state index in [2.05, 4.69) is 22.2 Å². The third kappa shape index (κ3) is 4.72. The summed E-state index contributed by atoms with van der Waals surface area (Å²) in [6, 6.07) is 7.64. The molecule has 1 aromatic heterocycles. The van der Waals surface area contributed by atoms with Gasteiger partial charge in [0.25, 0.3) is 0 Å². The number of hydrogen-bond acceptors (Lipinski definition) is 5. The van der Waals surface area contributed by atoms with Gasteiger partial charge in [0.2, 0.25) is 0 Å². The average Bonchev–Trinajstić information content (AvgIpc) is 2.55. The van der Waals surface area contributed by atoms with Crippen LogP contribution in [0.3, 0.4) is 0 Å². The largest absolute Gasteiger partial charge is 0.497 e. The van der Waals surface area contributed by atoms with Crippen molar-refractivity contribution in [3.63, 3.8) is 0 Å². The van der Waals surface area contributed by atoms with E-state index in [0.717, 1.165) is 36.6 Å². The van der Waals surface area contributed by atoms with Gasteiger partial charge in [-0.1, -0.05) is 13.0 Å². The first-order valence-corrected chi connectivity index (χ1v) is 7.09. The number of aromatic nitrogens is 2. The summed E-state index contributed by atoms with van der Waals surface area (Å²) in [5.74, 6) is 2.23. The van der Waals surface area contributed by atoms with Gasteiger partial charge in [-0.25, -0.2) is 9.97 Å². The molecule has 0 aliphatic carbocycles. The maximum atomic E-state index is 5.85. The topological polar surface area (TPSA) is 56.3 Å². The summed E-state index contributed by atoms with van der Waals surface area (Å²) in [5.41, 5.74) is 1.10. The van der Waals surface area contributed by atoms with Crippen LogP contribution >= 0.6 is 0 Å². The lowest BCUT2D eigenvalue weighted by Gasteiger charge is -2.13. The van der Waals surface area contributed by atoms with Gasteiger partial charge in [0.15, 0.2) is 5.82 Å². The van der Waals surface area contributed by atoms with Crippen LogP contribution < -0.4 is 14.8 Å². The summed E-state index contributed by atoms with van der Waals surface area (Å²) in [4.78, 5) is 8.32. The van der Waals surface area contributed by atoms with E-state index in [1.807, 2.05) is 18.2 Å². The molecule has 2 aromatic rings. The highest BCUT2D eigenvalue weighted by atomic mass is 16.5. The predicted octanol–water partition coefficient (Wildman–Crippen LogP) is 2.56. The normalized spacial score (nSPS) is 10.4. The average molecular weight is 287 g/mol. The van der Waals surface area contributed by atoms with Crippen LogP contribution in [-0.2, 0) is 13.2 Å². The molecule has 112 valence electrons. The molecule has 21 heavy (non-hydrogen) atoms. The number of benzene rings is 1. The van der Waals surface area contributed by atoms with E-state index in [0.29, 0.717) is 12.4 Å². The molecule has 0 saturated heterocycles. The maximum Gasteiger partial charge on any atom is 0.166 e. The third-order valence-electron chi connectivity index (χ3n) is 2.99. The molecule has 0 saturated carbocycles. The Labute approximate surface area is 125 Å². The Kier molecular flexibility index (Phi) is 5.97. The van der Waals surface area contributed by atoms with Gasteiger partial charge in [0, 0.05) is 30.6 Å². The van der Waals surface area contributed by atoms with Crippen LogP contribution in [0, 0.1) is 0 Å². The lowest BCUT2D eigenvalue weighted by atomic mass is 10.2. The fraction of sp³-hybridized carbons (Fsp3) is 0.375. The van der Waals surface area contributed by atoms with Crippen LogP contribution in [0.2, 0.25) is 0 Å². The standard InChI is InChI=1S/C16H21N3O2/c1-3-7-17-11-13-5-6-14(20-2)10-15(13)21-12-16-18-8-4-9-19-16/h4-6,8-10,17H,3,7,11-12H2,1-2H3. The summed E-state index contributed by atoms with van der Waals surface area (Å²) in [6.45, 7) is 4.23. The number of hydrogen-bond donors (Lipinski definition) is 1. The van der Waals surface area contributed by atoms with Crippen LogP contribution in [0.1, 0.15) is 24.7 Å². The molecule has 1 aromatic carbocycles. The first-order valence-electron chi connectivity index (χ1n) is 7.09. The highest BCUT2D eigenvalue weighted by molar-refractivity contribution is 5.40. The van der Waals surface area contributed by atoms with Crippen molar-refractivity contribution in [3.8, 4) is 11.5 Å². The second-order valence-corrected chi connectivity index (χ2v) is 4.60. The Morgan fingerprint density at radius 1 is 1.19 bits per heavy atom. The SMILES string of the molecule is CCCNCc1ccc(OC)cc1OCc1ncccn1. The molecular formula is C16H21N3O2. The van der Waals surface area contributed by atoms with Crippen molar-refractivity contribution in [1.29, 1.82) is 0 Å². The van der Waals surface area contributed by atoms with Gasteiger partial charge in [-0.05, 0) is 25.1 Å². The van der Waals surface area contributed by atoms with Gasteiger partial charge in [0.05, 0.1) is 7.11 Å². The fourth-order valence-corrected chi connectivity index (χ4v) is 1.89. The van der Waals surface area contributed by atoms with Gasteiger partial charge >= 0.3 is 0 Å². The zero-order valence-corrected chi connectivity index (χ0v) is 12.5. The van der Waals surface area contributed by atoms with Gasteiger partial charge in [-0.15, -0.1) is 0 Å². The van der Waals surface area contributed by atoms with Crippen LogP contribution in [0.4, 0.5) is 0 Å². The van der Waals surface area contributed by atoms with Gasteiger partial charge in [-0.2, -0.15) is 0 Å². The summed E-state index contributed by atoms with van der Waals surface area (Å²) in [6.07, 6.45) is 4.52. The number of ether oxygens (including phenoxy) is 2. The monoisotopic (exact) mass is 287 g/mol. The van der Waals surface area contributed by atoms with Crippen molar-refractivity contribution >= 4 is 0 Å². The van der Waals surface area contributed by atoms with Crippen LogP contribution in [-0.4, -0.2) is 23.6 Å². The Hall–Kier alpha value is -2.14. The van der Waals surface area contributed by atoms with Crippen molar-refractivity contribution in [2.24, 2.45) is 0 Å². The number of nitrogens with one attached hydrogen (secondary N) is 1. The minimum atomic E-state index is 0.342. The first-order chi connectivity index (χ1) is 10.3. The van der Waals surface area contributed by atoms with Crippen molar-refractivity contribution in [2.75, 3.05) is 13.7 Å². The molecule has 0 unspecified atom stereocenters. The van der Waals surface area contributed by atoms with Crippen LogP contribution in [0.5, 0.6) is 11.5 Å². The van der Waals surface area contributed by atoms with Gasteiger partial charge in [0.1, 0.15) is 18.1 Å². The molecule has 0 fully saturated rings. The zero-order chi connectivity index (χ0) is 14.9. The van der Waals surface area contributed by atoms with E-state index in [-0.39, 0.29) is 0 Å². The van der Waals surface area contributed by atoms with E-state index < -0.39 is 0 Å². The summed E-state index contributed by atoms with van der Waals surface area (Å²) in [7, 11) is 1.65. The molecule has 0 aliphatic rings. The van der Waals surface area contributed by atoms with Crippen molar-refractivity contribution in [1.82, 2.24) is 15.3 Å². The Morgan fingerprint density at radius 2 is 2.00 bits per heavy atom. The number of rotatable bonds is 8. The Balaban J connectivity index is 2.07. The molecule has 5 nitrogen and oxygen atoms in total. The van der Waals surface area contributed by atoms with E-state index in [4.69, 9.17) is 9.47 Å². The summed E-state index contributed by atoms with van der Waals surface area (Å²) < 4.78 is 11.1. The molecule has 0 bridgehead atoms. The minimum Gasteiger partial charge on any atom is -0.497 e. The van der Waals surface area contributed by atoms with Gasteiger partial charge < -0.3 is 14.8 Å². The van der Waals surface area contributed by atoms with Crippen molar-refractivity contribution in [3.05, 3.63) is 48.0 Å². The molecule has 5 heteroatoms. The molecule has 0 amide bonds. The lowest BCUT2D eigenvalue weighted by Crippen LogP contribution is -2.15. The first kappa shape index (κ1) is 15.3. The smallest absolute Gasteiger partial charge is 0.166 e. The highest BCUT2D eigenvalue weighted by Gasteiger charge is 2.07. The number of nitrogens with zero attached hydrogens (tertiary/aromatic N) is 2. The minimum absolute atomic E-state index is 0.342. The molecule has 0 atom stereocenters. The molecule has 0 spiro atoms. The van der Waals surface area contributed by atoms with E-state index >= 15 is 0 Å². The number of methoxy groups -OCH3 is 1. The quantitative estimate of drug-likeness (QED) is 0.756. The molecule has 2 rings (SSSR count). The van der Waals surface area contributed by atoms with E-state index in [1.54, 1.807) is 25.6 Å². The molecule has 1 heterocycles. The lowest BCUT2D eigenvalue weighted by molar-refractivity contribution is 0.289. The molecule has 1 N–H and O–H groups in total. The highest BCUT2D eigenvalue weighted by Crippen LogP contribution is 2.25. The van der Waals surface area contributed by atoms with E-state index in [1.165, 1.54) is 0 Å². The molecule has 0 aliphatic heterocycles. The Morgan fingerprint density at radius 3 is 2.71 bits per heavy atom. The Bertz CT molecular complexity index is 546. The van der Waals surface area contributed by atoms with Crippen LogP contribution in [0.15, 0.2) is 36.7 Å². The zero-order valence-electron chi connectivity index (χ0n) is 12.5. The second-order valence-electron chi connectivity index (χ2n) is 4.60. The van der Waals surface area contributed by atoms with Crippen molar-refractivity contribution in [2.45, 2.75) is 26.5 Å². The van der Waals surface area contributed by atoms with Crippen molar-refractivity contribution < 1.29 is 9.47 Å². The van der Waals surface area contributed by atoms with E-state index in [9.17, 15) is 0 Å². The maximum absolute atomic E-state index is 5.85. The summed E-state index contributed by atoms with van der Waals surface area (Å²) >= 11 is 0. The molecule has 0 radical (unpaired) electrons. The molecular weight excluding hydrogens is 266 g/mol. The third-order valence-corrected chi connectivity index (χ3v) is 2.99. The second kappa shape index (κ2) is 8.21. The predicted molar refractivity (Wildman–Crippen MR) is 81.4 cm³/mol. The van der Waals surface area contributed by atoms with Gasteiger partial charge in [-0.3, -0.25) is 0 Å². The fourth-order valence-electron chi connectivity index (χ4n) is 1.89.